The maximum atomic E-state index is 12.4. The van der Waals surface area contributed by atoms with Gasteiger partial charge in [0, 0.05) is 16.6 Å². The number of halogens is 1. The molecule has 1 fully saturated rings. The molecule has 0 radical (unpaired) electrons. The average Bonchev–Trinajstić information content (AvgIpc) is 2.61. The zero-order valence-electron chi connectivity index (χ0n) is 15.7. The number of methoxy groups -OCH3 is 2. The van der Waals surface area contributed by atoms with Gasteiger partial charge in [0.2, 0.25) is 0 Å². The number of piperidine rings is 1. The van der Waals surface area contributed by atoms with E-state index in [1.165, 1.54) is 7.11 Å². The molecule has 1 aromatic rings. The number of benzene rings is 1. The van der Waals surface area contributed by atoms with Crippen molar-refractivity contribution in [1.29, 1.82) is 0 Å². The maximum Gasteiger partial charge on any atom is 0.310 e. The molecule has 7 heteroatoms. The Morgan fingerprint density at radius 1 is 1.12 bits per heavy atom. The van der Waals surface area contributed by atoms with Crippen molar-refractivity contribution in [2.75, 3.05) is 20.8 Å². The van der Waals surface area contributed by atoms with Gasteiger partial charge in [0.05, 0.1) is 20.6 Å². The molecule has 1 aromatic carbocycles. The van der Waals surface area contributed by atoms with Crippen molar-refractivity contribution in [1.82, 2.24) is 4.90 Å². The number of carbonyl (C=O) groups excluding carboxylic acids is 2. The van der Waals surface area contributed by atoms with Crippen molar-refractivity contribution in [3.63, 3.8) is 0 Å². The number of nitrogens with zero attached hydrogens (tertiary/aromatic N) is 1. The minimum atomic E-state index is -0.455. The highest BCUT2D eigenvalue weighted by Crippen LogP contribution is 2.33. The molecular formula is C19H26BrNO5. The van der Waals surface area contributed by atoms with E-state index in [2.05, 4.69) is 15.9 Å². The van der Waals surface area contributed by atoms with E-state index < -0.39 is 5.97 Å². The monoisotopic (exact) mass is 427 g/mol. The Morgan fingerprint density at radius 2 is 1.69 bits per heavy atom. The molecule has 0 saturated carbocycles. The second-order valence-corrected chi connectivity index (χ2v) is 7.42. The predicted molar refractivity (Wildman–Crippen MR) is 102 cm³/mol. The average molecular weight is 428 g/mol. The molecule has 1 aliphatic heterocycles. The van der Waals surface area contributed by atoms with Crippen LogP contribution in [0.1, 0.15) is 38.7 Å². The lowest BCUT2D eigenvalue weighted by Crippen LogP contribution is -2.49. The highest BCUT2D eigenvalue weighted by atomic mass is 79.9. The van der Waals surface area contributed by atoms with Gasteiger partial charge in [-0.15, -0.1) is 0 Å². The van der Waals surface area contributed by atoms with Crippen molar-refractivity contribution in [3.8, 4) is 11.5 Å². The zero-order chi connectivity index (χ0) is 19.3. The third kappa shape index (κ3) is 4.90. The summed E-state index contributed by atoms with van der Waals surface area (Å²) in [6.07, 6.45) is 3.14. The Balaban J connectivity index is 1.95. The van der Waals surface area contributed by atoms with Gasteiger partial charge in [-0.2, -0.15) is 0 Å². The number of amides is 1. The summed E-state index contributed by atoms with van der Waals surface area (Å²) < 4.78 is 16.4. The van der Waals surface area contributed by atoms with E-state index in [1.807, 2.05) is 18.7 Å². The lowest BCUT2D eigenvalue weighted by Gasteiger charge is -2.38. The molecule has 144 valence electrons. The molecule has 1 saturated heterocycles. The number of esters is 1. The van der Waals surface area contributed by atoms with Gasteiger partial charge in [0.15, 0.2) is 18.1 Å². The molecule has 6 nitrogen and oxygen atoms in total. The maximum absolute atomic E-state index is 12.4. The summed E-state index contributed by atoms with van der Waals surface area (Å²) in [5, 5.41) is 0. The summed E-state index contributed by atoms with van der Waals surface area (Å²) >= 11 is 3.42. The fourth-order valence-corrected chi connectivity index (χ4v) is 3.83. The predicted octanol–water partition coefficient (Wildman–Crippen LogP) is 3.34. The highest BCUT2D eigenvalue weighted by molar-refractivity contribution is 9.10. The van der Waals surface area contributed by atoms with Crippen molar-refractivity contribution in [2.24, 2.45) is 0 Å². The van der Waals surface area contributed by atoms with E-state index in [0.29, 0.717) is 17.1 Å². The van der Waals surface area contributed by atoms with Crippen LogP contribution in [0.15, 0.2) is 16.6 Å². The molecule has 0 spiro atoms. The van der Waals surface area contributed by atoms with Crippen LogP contribution in [0.2, 0.25) is 0 Å². The van der Waals surface area contributed by atoms with E-state index in [9.17, 15) is 9.59 Å². The number of hydrogen-bond acceptors (Lipinski definition) is 5. The van der Waals surface area contributed by atoms with Crippen LogP contribution in [0.5, 0.6) is 11.5 Å². The lowest BCUT2D eigenvalue weighted by molar-refractivity contribution is -0.154. The smallest absolute Gasteiger partial charge is 0.310 e. The Morgan fingerprint density at radius 3 is 2.27 bits per heavy atom. The zero-order valence-corrected chi connectivity index (χ0v) is 17.3. The second kappa shape index (κ2) is 9.26. The van der Waals surface area contributed by atoms with Gasteiger partial charge in [-0.1, -0.05) is 15.9 Å². The van der Waals surface area contributed by atoms with Gasteiger partial charge in [-0.25, -0.2) is 0 Å². The standard InChI is InChI=1S/C19H26BrNO5/c1-12-6-5-7-13(2)21(12)18(22)11-26-19(23)9-14-8-16(24-3)17(25-4)10-15(14)20/h8,10,12-13H,5-7,9,11H2,1-4H3. The first-order chi connectivity index (χ1) is 12.4. The van der Waals surface area contributed by atoms with Gasteiger partial charge in [0.1, 0.15) is 0 Å². The van der Waals surface area contributed by atoms with E-state index in [0.717, 1.165) is 23.7 Å². The number of likely N-dealkylation sites (tertiary alicyclic amines) is 1. The minimum Gasteiger partial charge on any atom is -0.493 e. The van der Waals surface area contributed by atoms with E-state index in [1.54, 1.807) is 19.2 Å². The molecule has 2 unspecified atom stereocenters. The molecule has 1 heterocycles. The Labute approximate surface area is 162 Å². The van der Waals surface area contributed by atoms with Crippen molar-refractivity contribution < 1.29 is 23.8 Å². The number of hydrogen-bond donors (Lipinski definition) is 0. The molecule has 0 aliphatic carbocycles. The van der Waals surface area contributed by atoms with E-state index in [4.69, 9.17) is 14.2 Å². The minimum absolute atomic E-state index is 0.0410. The fraction of sp³-hybridized carbons (Fsp3) is 0.579. The number of rotatable bonds is 6. The molecule has 1 amide bonds. The summed E-state index contributed by atoms with van der Waals surface area (Å²) in [5.74, 6) is 0.512. The summed E-state index contributed by atoms with van der Waals surface area (Å²) in [7, 11) is 3.08. The van der Waals surface area contributed by atoms with Crippen LogP contribution < -0.4 is 9.47 Å². The third-order valence-corrected chi connectivity index (χ3v) is 5.46. The topological polar surface area (TPSA) is 65.1 Å². The van der Waals surface area contributed by atoms with Gasteiger partial charge >= 0.3 is 5.97 Å². The van der Waals surface area contributed by atoms with Crippen LogP contribution in [0.25, 0.3) is 0 Å². The summed E-state index contributed by atoms with van der Waals surface area (Å²) in [5.41, 5.74) is 0.708. The van der Waals surface area contributed by atoms with E-state index in [-0.39, 0.29) is 31.0 Å². The quantitative estimate of drug-likeness (QED) is 0.651. The molecule has 1 aliphatic rings. The van der Waals surface area contributed by atoms with Crippen LogP contribution in [-0.4, -0.2) is 49.7 Å². The molecule has 26 heavy (non-hydrogen) atoms. The number of carbonyl (C=O) groups is 2. The highest BCUT2D eigenvalue weighted by Gasteiger charge is 2.29. The molecular weight excluding hydrogens is 402 g/mol. The lowest BCUT2D eigenvalue weighted by atomic mass is 9.97. The molecule has 0 aromatic heterocycles. The van der Waals surface area contributed by atoms with Gasteiger partial charge < -0.3 is 19.1 Å². The first-order valence-electron chi connectivity index (χ1n) is 8.74. The number of ether oxygens (including phenoxy) is 3. The summed E-state index contributed by atoms with van der Waals surface area (Å²) in [4.78, 5) is 26.4. The summed E-state index contributed by atoms with van der Waals surface area (Å²) in [6.45, 7) is 3.85. The Bertz CT molecular complexity index is 654. The van der Waals surface area contributed by atoms with Crippen LogP contribution in [0, 0.1) is 0 Å². The van der Waals surface area contributed by atoms with Crippen LogP contribution in [-0.2, 0) is 20.7 Å². The van der Waals surface area contributed by atoms with Crippen LogP contribution in [0.3, 0.4) is 0 Å². The van der Waals surface area contributed by atoms with Gasteiger partial charge in [0.25, 0.3) is 5.91 Å². The van der Waals surface area contributed by atoms with Crippen LogP contribution >= 0.6 is 15.9 Å². The molecule has 0 N–H and O–H groups in total. The van der Waals surface area contributed by atoms with Gasteiger partial charge in [-0.05, 0) is 50.8 Å². The molecule has 2 atom stereocenters. The fourth-order valence-electron chi connectivity index (χ4n) is 3.37. The Kier molecular flexibility index (Phi) is 7.32. The summed E-state index contributed by atoms with van der Waals surface area (Å²) in [6, 6.07) is 3.83. The Hall–Kier alpha value is -1.76. The first-order valence-corrected chi connectivity index (χ1v) is 9.53. The van der Waals surface area contributed by atoms with Crippen molar-refractivity contribution >= 4 is 27.8 Å². The largest absolute Gasteiger partial charge is 0.493 e. The van der Waals surface area contributed by atoms with Crippen molar-refractivity contribution in [3.05, 3.63) is 22.2 Å². The third-order valence-electron chi connectivity index (χ3n) is 4.73. The molecule has 0 bridgehead atoms. The first kappa shape index (κ1) is 20.6. The van der Waals surface area contributed by atoms with Crippen molar-refractivity contribution in [2.45, 2.75) is 51.6 Å². The molecule has 2 rings (SSSR count). The van der Waals surface area contributed by atoms with E-state index >= 15 is 0 Å². The normalized spacial score (nSPS) is 19.8. The van der Waals surface area contributed by atoms with Gasteiger partial charge in [-0.3, -0.25) is 9.59 Å². The second-order valence-electron chi connectivity index (χ2n) is 6.57. The van der Waals surface area contributed by atoms with Crippen LogP contribution in [0.4, 0.5) is 0 Å². The SMILES string of the molecule is COc1cc(Br)c(CC(=O)OCC(=O)N2C(C)CCCC2C)cc1OC.